The summed E-state index contributed by atoms with van der Waals surface area (Å²) < 4.78 is 37.9. The van der Waals surface area contributed by atoms with E-state index in [2.05, 4.69) is 43.2 Å². The van der Waals surface area contributed by atoms with Crippen molar-refractivity contribution in [1.29, 1.82) is 0 Å². The van der Waals surface area contributed by atoms with Crippen molar-refractivity contribution < 1.29 is 18.0 Å². The minimum atomic E-state index is -4.40. The first-order valence-corrected chi connectivity index (χ1v) is 8.37. The Bertz CT molecular complexity index is 854. The average molecular weight is 374 g/mol. The lowest BCUT2D eigenvalue weighted by molar-refractivity contribution is -0.137. The molecule has 27 heavy (non-hydrogen) atoms. The molecule has 0 bridgehead atoms. The molecule has 0 aliphatic carbocycles. The molecule has 0 unspecified atom stereocenters. The van der Waals surface area contributed by atoms with Gasteiger partial charge in [0.25, 0.3) is 0 Å². The molecule has 2 aromatic carbocycles. The number of alkyl halides is 3. The van der Waals surface area contributed by atoms with E-state index >= 15 is 0 Å². The lowest BCUT2D eigenvalue weighted by atomic mass is 9.87. The number of urea groups is 1. The van der Waals surface area contributed by atoms with Crippen LogP contribution in [0.15, 0.2) is 48.5 Å². The number of hydrogen-bond acceptors (Lipinski definition) is 1. The number of carbonyl (C=O) groups is 1. The van der Waals surface area contributed by atoms with Crippen LogP contribution in [0.2, 0.25) is 0 Å². The summed E-state index contributed by atoms with van der Waals surface area (Å²) in [7, 11) is 0. The molecule has 2 N–H and O–H groups in total. The van der Waals surface area contributed by atoms with Crippen molar-refractivity contribution in [2.75, 3.05) is 11.9 Å². The van der Waals surface area contributed by atoms with Crippen LogP contribution in [0.25, 0.3) is 0 Å². The molecule has 3 nitrogen and oxygen atoms in total. The van der Waals surface area contributed by atoms with Crippen molar-refractivity contribution in [2.24, 2.45) is 0 Å². The lowest BCUT2D eigenvalue weighted by Gasteiger charge is -2.19. The first-order valence-electron chi connectivity index (χ1n) is 8.37. The Morgan fingerprint density at radius 2 is 1.67 bits per heavy atom. The van der Waals surface area contributed by atoms with E-state index in [4.69, 9.17) is 0 Å². The average Bonchev–Trinajstić information content (AvgIpc) is 2.58. The van der Waals surface area contributed by atoms with E-state index in [0.29, 0.717) is 5.69 Å². The number of hydrogen-bond donors (Lipinski definition) is 2. The highest BCUT2D eigenvalue weighted by Gasteiger charge is 2.30. The van der Waals surface area contributed by atoms with Crippen LogP contribution in [0.3, 0.4) is 0 Å². The molecule has 2 rings (SSSR count). The van der Waals surface area contributed by atoms with E-state index in [-0.39, 0.29) is 17.5 Å². The molecule has 0 aromatic heterocycles. The van der Waals surface area contributed by atoms with E-state index in [1.165, 1.54) is 12.1 Å². The van der Waals surface area contributed by atoms with Gasteiger partial charge in [0.2, 0.25) is 0 Å². The van der Waals surface area contributed by atoms with E-state index in [1.54, 1.807) is 0 Å². The van der Waals surface area contributed by atoms with E-state index in [9.17, 15) is 18.0 Å². The fraction of sp³-hybridized carbons (Fsp3) is 0.286. The van der Waals surface area contributed by atoms with Crippen LogP contribution in [0.4, 0.5) is 23.7 Å². The van der Waals surface area contributed by atoms with Crippen LogP contribution in [-0.2, 0) is 11.6 Å². The Hall–Kier alpha value is -2.94. The van der Waals surface area contributed by atoms with Crippen molar-refractivity contribution in [3.8, 4) is 11.8 Å². The Balaban J connectivity index is 1.88. The minimum absolute atomic E-state index is 0.0160. The van der Waals surface area contributed by atoms with Gasteiger partial charge in [-0.25, -0.2) is 4.79 Å². The number of nitrogens with one attached hydrogen (secondary N) is 2. The van der Waals surface area contributed by atoms with Crippen molar-refractivity contribution >= 4 is 11.7 Å². The molecule has 0 fully saturated rings. The van der Waals surface area contributed by atoms with Gasteiger partial charge in [-0.1, -0.05) is 50.8 Å². The molecule has 0 radical (unpaired) electrons. The van der Waals surface area contributed by atoms with Crippen LogP contribution in [0.5, 0.6) is 0 Å². The molecule has 142 valence electrons. The fourth-order valence-corrected chi connectivity index (χ4v) is 2.27. The van der Waals surface area contributed by atoms with Crippen LogP contribution >= 0.6 is 0 Å². The molecule has 0 aliphatic heterocycles. The summed E-state index contributed by atoms with van der Waals surface area (Å²) in [5, 5.41) is 5.23. The molecule has 0 heterocycles. The summed E-state index contributed by atoms with van der Waals surface area (Å²) >= 11 is 0. The van der Waals surface area contributed by atoms with Crippen LogP contribution in [0.1, 0.15) is 37.5 Å². The quantitative estimate of drug-likeness (QED) is 0.699. The third-order valence-corrected chi connectivity index (χ3v) is 3.77. The van der Waals surface area contributed by atoms with Gasteiger partial charge < -0.3 is 10.6 Å². The van der Waals surface area contributed by atoms with Crippen molar-refractivity contribution in [3.63, 3.8) is 0 Å². The summed E-state index contributed by atoms with van der Waals surface area (Å²) in [5.41, 5.74) is 1.31. The predicted molar refractivity (Wildman–Crippen MR) is 100 cm³/mol. The van der Waals surface area contributed by atoms with Gasteiger partial charge in [-0.15, -0.1) is 0 Å². The molecular weight excluding hydrogens is 353 g/mol. The van der Waals surface area contributed by atoms with Gasteiger partial charge in [0.1, 0.15) is 0 Å². The molecule has 2 amide bonds. The van der Waals surface area contributed by atoms with Crippen LogP contribution in [-0.4, -0.2) is 12.6 Å². The summed E-state index contributed by atoms with van der Waals surface area (Å²) in [6, 6.07) is 11.8. The second-order valence-electron chi connectivity index (χ2n) is 7.02. The van der Waals surface area contributed by atoms with E-state index < -0.39 is 17.8 Å². The maximum absolute atomic E-state index is 12.6. The predicted octanol–water partition coefficient (Wildman–Crippen LogP) is 5.18. The number of carbonyl (C=O) groups excluding carboxylic acids is 1. The second kappa shape index (κ2) is 8.17. The standard InChI is InChI=1S/C21H21F3N2O/c1-20(2,3)16-9-11-18(12-10-16)26-19(27)25-13-5-7-15-6-4-8-17(14-15)21(22,23)24/h4,6,8-12,14H,13H2,1-3H3,(H2,25,26,27). The minimum Gasteiger partial charge on any atom is -0.327 e. The van der Waals surface area contributed by atoms with Crippen molar-refractivity contribution in [1.82, 2.24) is 5.32 Å². The van der Waals surface area contributed by atoms with Gasteiger partial charge in [-0.2, -0.15) is 13.2 Å². The summed E-state index contributed by atoms with van der Waals surface area (Å²) in [6.07, 6.45) is -4.40. The fourth-order valence-electron chi connectivity index (χ4n) is 2.27. The zero-order valence-corrected chi connectivity index (χ0v) is 15.4. The zero-order valence-electron chi connectivity index (χ0n) is 15.4. The monoisotopic (exact) mass is 374 g/mol. The zero-order chi connectivity index (χ0) is 20.1. The van der Waals surface area contributed by atoms with Crippen LogP contribution in [0, 0.1) is 11.8 Å². The van der Waals surface area contributed by atoms with Crippen molar-refractivity contribution in [3.05, 3.63) is 65.2 Å². The number of rotatable bonds is 2. The number of amides is 2. The van der Waals surface area contributed by atoms with Gasteiger partial charge in [0.05, 0.1) is 12.1 Å². The normalized spacial score (nSPS) is 11.3. The maximum atomic E-state index is 12.6. The highest BCUT2D eigenvalue weighted by molar-refractivity contribution is 5.89. The van der Waals surface area contributed by atoms with Crippen LogP contribution < -0.4 is 10.6 Å². The Labute approximate surface area is 157 Å². The van der Waals surface area contributed by atoms with Crippen molar-refractivity contribution in [2.45, 2.75) is 32.4 Å². The SMILES string of the molecule is CC(C)(C)c1ccc(NC(=O)NCC#Cc2cccc(C(F)(F)F)c2)cc1. The van der Waals surface area contributed by atoms with Gasteiger partial charge >= 0.3 is 12.2 Å². The van der Waals surface area contributed by atoms with Gasteiger partial charge in [0.15, 0.2) is 0 Å². The van der Waals surface area contributed by atoms with E-state index in [0.717, 1.165) is 17.7 Å². The molecule has 0 saturated heterocycles. The molecule has 0 atom stereocenters. The molecule has 0 spiro atoms. The third kappa shape index (κ3) is 6.37. The molecule has 0 aliphatic rings. The maximum Gasteiger partial charge on any atom is 0.416 e. The van der Waals surface area contributed by atoms with Gasteiger partial charge in [-0.05, 0) is 41.3 Å². The Kier molecular flexibility index (Phi) is 6.17. The summed E-state index contributed by atoms with van der Waals surface area (Å²) in [5.74, 6) is 5.24. The molecule has 2 aromatic rings. The Morgan fingerprint density at radius 3 is 2.26 bits per heavy atom. The highest BCUT2D eigenvalue weighted by atomic mass is 19.4. The molecule has 6 heteroatoms. The topological polar surface area (TPSA) is 41.1 Å². The largest absolute Gasteiger partial charge is 0.416 e. The lowest BCUT2D eigenvalue weighted by Crippen LogP contribution is -2.28. The van der Waals surface area contributed by atoms with Gasteiger partial charge in [0, 0.05) is 11.3 Å². The Morgan fingerprint density at radius 1 is 1.00 bits per heavy atom. The number of benzene rings is 2. The number of halogens is 3. The molecular formula is C21H21F3N2O. The van der Waals surface area contributed by atoms with Gasteiger partial charge in [-0.3, -0.25) is 0 Å². The van der Waals surface area contributed by atoms with E-state index in [1.807, 2.05) is 24.3 Å². The smallest absolute Gasteiger partial charge is 0.327 e. The highest BCUT2D eigenvalue weighted by Crippen LogP contribution is 2.29. The second-order valence-corrected chi connectivity index (χ2v) is 7.02. The first kappa shape index (κ1) is 20.4. The molecule has 0 saturated carbocycles. The number of anilines is 1. The third-order valence-electron chi connectivity index (χ3n) is 3.77. The summed E-state index contributed by atoms with van der Waals surface area (Å²) in [6.45, 7) is 6.32. The summed E-state index contributed by atoms with van der Waals surface area (Å²) in [4.78, 5) is 11.9. The first-order chi connectivity index (χ1) is 12.6.